The largest absolute Gasteiger partial charge is 0.332 e. The summed E-state index contributed by atoms with van der Waals surface area (Å²) in [6.07, 6.45) is 2.84. The van der Waals surface area contributed by atoms with Gasteiger partial charge in [-0.15, -0.1) is 10.2 Å². The first kappa shape index (κ1) is 4.37. The van der Waals surface area contributed by atoms with Crippen LogP contribution in [0.5, 0.6) is 0 Å². The highest BCUT2D eigenvalue weighted by molar-refractivity contribution is 5.64. The van der Waals surface area contributed by atoms with Crippen LogP contribution >= 0.6 is 0 Å². The molecule has 2 heterocycles. The Labute approximate surface area is 49.7 Å². The molecule has 0 saturated heterocycles. The number of fused-ring (bicyclic) bond motifs is 1. The molecule has 0 aliphatic heterocycles. The number of hydrogen-bond acceptors (Lipinski definition) is 5. The highest BCUT2D eigenvalue weighted by atomic mass is 16.5. The Balaban J connectivity index is 2.95. The van der Waals surface area contributed by atoms with Crippen molar-refractivity contribution in [2.45, 2.75) is 0 Å². The van der Waals surface area contributed by atoms with Gasteiger partial charge in [0.05, 0.1) is 6.20 Å². The molecule has 0 saturated carbocycles. The van der Waals surface area contributed by atoms with E-state index in [4.69, 9.17) is 0 Å². The van der Waals surface area contributed by atoms with Gasteiger partial charge in [-0.2, -0.15) is 0 Å². The second kappa shape index (κ2) is 1.48. The third-order valence-corrected chi connectivity index (χ3v) is 0.930. The maximum Gasteiger partial charge on any atom is 0.294 e. The molecule has 2 rings (SSSR count). The molecule has 9 heavy (non-hydrogen) atoms. The van der Waals surface area contributed by atoms with Gasteiger partial charge in [0.15, 0.2) is 5.52 Å². The standard InChI is InChI=1S/C4H2N4O/c1-3-4(9-7-1)8-6-2-5-3/h1-2H. The molecule has 2 aromatic rings. The predicted octanol–water partition coefficient (Wildman–Crippen LogP) is 0.0128. The summed E-state index contributed by atoms with van der Waals surface area (Å²) in [6, 6.07) is 0. The SMILES string of the molecule is c1nnc2oncc2n1. The lowest BCUT2D eigenvalue weighted by atomic mass is 10.6. The first-order chi connectivity index (χ1) is 4.47. The second-order valence-electron chi connectivity index (χ2n) is 1.48. The summed E-state index contributed by atoms with van der Waals surface area (Å²) in [7, 11) is 0. The minimum Gasteiger partial charge on any atom is -0.332 e. The molecule has 0 amide bonds. The van der Waals surface area contributed by atoms with E-state index in [1.807, 2.05) is 0 Å². The Morgan fingerprint density at radius 1 is 1.44 bits per heavy atom. The van der Waals surface area contributed by atoms with Crippen molar-refractivity contribution < 1.29 is 4.52 Å². The van der Waals surface area contributed by atoms with Crippen LogP contribution < -0.4 is 0 Å². The Bertz CT molecular complexity index is 287. The van der Waals surface area contributed by atoms with Gasteiger partial charge < -0.3 is 4.52 Å². The molecule has 5 heteroatoms. The van der Waals surface area contributed by atoms with Crippen molar-refractivity contribution in [1.29, 1.82) is 0 Å². The molecule has 0 atom stereocenters. The minimum atomic E-state index is 0.373. The fourth-order valence-electron chi connectivity index (χ4n) is 0.552. The average molecular weight is 122 g/mol. The number of rotatable bonds is 0. The van der Waals surface area contributed by atoms with Crippen molar-refractivity contribution in [1.82, 2.24) is 20.3 Å². The van der Waals surface area contributed by atoms with E-state index in [9.17, 15) is 0 Å². The van der Waals surface area contributed by atoms with E-state index in [1.54, 1.807) is 0 Å². The van der Waals surface area contributed by atoms with Crippen LogP contribution in [0.1, 0.15) is 0 Å². The molecule has 0 spiro atoms. The Hall–Kier alpha value is -1.52. The maximum absolute atomic E-state index is 4.63. The number of hydrogen-bond donors (Lipinski definition) is 0. The van der Waals surface area contributed by atoms with E-state index < -0.39 is 0 Å². The summed E-state index contributed by atoms with van der Waals surface area (Å²) < 4.78 is 4.63. The van der Waals surface area contributed by atoms with Crippen molar-refractivity contribution >= 4 is 11.2 Å². The molecule has 0 fully saturated rings. The van der Waals surface area contributed by atoms with E-state index >= 15 is 0 Å². The van der Waals surface area contributed by atoms with Gasteiger partial charge >= 0.3 is 0 Å². The van der Waals surface area contributed by atoms with E-state index in [0.717, 1.165) is 0 Å². The molecule has 0 aliphatic rings. The molecule has 0 radical (unpaired) electrons. The minimum absolute atomic E-state index is 0.373. The lowest BCUT2D eigenvalue weighted by molar-refractivity contribution is 0.445. The van der Waals surface area contributed by atoms with Crippen molar-refractivity contribution in [2.24, 2.45) is 0 Å². The van der Waals surface area contributed by atoms with Crippen LogP contribution in [0.3, 0.4) is 0 Å². The zero-order valence-corrected chi connectivity index (χ0v) is 4.35. The van der Waals surface area contributed by atoms with Crippen molar-refractivity contribution in [3.8, 4) is 0 Å². The Kier molecular flexibility index (Phi) is 0.717. The van der Waals surface area contributed by atoms with Crippen LogP contribution in [0.15, 0.2) is 17.0 Å². The summed E-state index contributed by atoms with van der Waals surface area (Å²) in [4.78, 5) is 3.81. The van der Waals surface area contributed by atoms with Crippen LogP contribution in [-0.2, 0) is 0 Å². The van der Waals surface area contributed by atoms with Gasteiger partial charge in [0, 0.05) is 0 Å². The Morgan fingerprint density at radius 3 is 3.33 bits per heavy atom. The first-order valence-corrected chi connectivity index (χ1v) is 2.35. The average Bonchev–Trinajstić information content (AvgIpc) is 2.33. The quantitative estimate of drug-likeness (QED) is 0.492. The third-order valence-electron chi connectivity index (χ3n) is 0.930. The van der Waals surface area contributed by atoms with E-state index in [1.165, 1.54) is 12.5 Å². The van der Waals surface area contributed by atoms with Crippen LogP contribution in [0.25, 0.3) is 11.2 Å². The van der Waals surface area contributed by atoms with Gasteiger partial charge in [-0.3, -0.25) is 0 Å². The maximum atomic E-state index is 4.63. The number of nitrogens with zero attached hydrogens (tertiary/aromatic N) is 4. The van der Waals surface area contributed by atoms with Gasteiger partial charge in [0.25, 0.3) is 5.71 Å². The molecule has 0 N–H and O–H groups in total. The normalized spacial score (nSPS) is 10.2. The smallest absolute Gasteiger partial charge is 0.294 e. The molecule has 0 aromatic carbocycles. The fourth-order valence-corrected chi connectivity index (χ4v) is 0.552. The molecular weight excluding hydrogens is 120 g/mol. The molecule has 0 aliphatic carbocycles. The van der Waals surface area contributed by atoms with Crippen LogP contribution in [0.2, 0.25) is 0 Å². The molecule has 2 aromatic heterocycles. The highest BCUT2D eigenvalue weighted by Crippen LogP contribution is 2.01. The summed E-state index contributed by atoms with van der Waals surface area (Å²) in [6.45, 7) is 0. The zero-order valence-electron chi connectivity index (χ0n) is 4.35. The van der Waals surface area contributed by atoms with E-state index in [-0.39, 0.29) is 0 Å². The van der Waals surface area contributed by atoms with E-state index in [0.29, 0.717) is 11.2 Å². The monoisotopic (exact) mass is 122 g/mol. The molecular formula is C4H2N4O. The second-order valence-corrected chi connectivity index (χ2v) is 1.48. The lowest BCUT2D eigenvalue weighted by Gasteiger charge is -1.76. The van der Waals surface area contributed by atoms with Crippen LogP contribution in [0, 0.1) is 0 Å². The molecule has 5 nitrogen and oxygen atoms in total. The molecule has 0 bridgehead atoms. The number of aromatic nitrogens is 4. The van der Waals surface area contributed by atoms with Crippen LogP contribution in [-0.4, -0.2) is 20.3 Å². The zero-order chi connectivity index (χ0) is 6.10. The highest BCUT2D eigenvalue weighted by Gasteiger charge is 1.96. The molecule has 0 unspecified atom stereocenters. The van der Waals surface area contributed by atoms with Crippen molar-refractivity contribution in [2.75, 3.05) is 0 Å². The summed E-state index contributed by atoms with van der Waals surface area (Å²) in [5, 5.41) is 10.6. The summed E-state index contributed by atoms with van der Waals surface area (Å²) >= 11 is 0. The summed E-state index contributed by atoms with van der Waals surface area (Å²) in [5.41, 5.74) is 1.00. The molecule has 44 valence electrons. The van der Waals surface area contributed by atoms with Gasteiger partial charge in [-0.25, -0.2) is 4.98 Å². The first-order valence-electron chi connectivity index (χ1n) is 2.35. The van der Waals surface area contributed by atoms with Crippen molar-refractivity contribution in [3.63, 3.8) is 0 Å². The van der Waals surface area contributed by atoms with E-state index in [2.05, 4.69) is 24.9 Å². The van der Waals surface area contributed by atoms with Gasteiger partial charge in [0.1, 0.15) is 6.33 Å². The van der Waals surface area contributed by atoms with Gasteiger partial charge in [-0.1, -0.05) is 5.16 Å². The Morgan fingerprint density at radius 2 is 2.44 bits per heavy atom. The topological polar surface area (TPSA) is 64.7 Å². The summed E-state index contributed by atoms with van der Waals surface area (Å²) in [5.74, 6) is 0. The third kappa shape index (κ3) is 0.543. The van der Waals surface area contributed by atoms with Gasteiger partial charge in [-0.05, 0) is 0 Å². The predicted molar refractivity (Wildman–Crippen MR) is 27.4 cm³/mol. The lowest BCUT2D eigenvalue weighted by Crippen LogP contribution is -1.80. The van der Waals surface area contributed by atoms with Gasteiger partial charge in [0.2, 0.25) is 0 Å². The van der Waals surface area contributed by atoms with Crippen molar-refractivity contribution in [3.05, 3.63) is 12.5 Å². The van der Waals surface area contributed by atoms with Crippen LogP contribution in [0.4, 0.5) is 0 Å². The fraction of sp³-hybridized carbons (Fsp3) is 0.